The first-order valence-corrected chi connectivity index (χ1v) is 7.13. The summed E-state index contributed by atoms with van der Waals surface area (Å²) in [6.45, 7) is 3.76. The van der Waals surface area contributed by atoms with Gasteiger partial charge in [0.05, 0.1) is 12.5 Å². The lowest BCUT2D eigenvalue weighted by Crippen LogP contribution is -2.36. The van der Waals surface area contributed by atoms with Crippen molar-refractivity contribution in [1.82, 2.24) is 14.9 Å². The van der Waals surface area contributed by atoms with Gasteiger partial charge in [0, 0.05) is 25.5 Å². The van der Waals surface area contributed by atoms with E-state index in [4.69, 9.17) is 0 Å². The summed E-state index contributed by atoms with van der Waals surface area (Å²) in [6.07, 6.45) is 5.05. The molecule has 0 fully saturated rings. The molecule has 1 aromatic heterocycles. The quantitative estimate of drug-likeness (QED) is 0.922. The van der Waals surface area contributed by atoms with Crippen LogP contribution in [0.2, 0.25) is 0 Å². The molecule has 2 aromatic rings. The summed E-state index contributed by atoms with van der Waals surface area (Å²) in [6, 6.07) is 8.01. The third-order valence-corrected chi connectivity index (χ3v) is 3.91. The predicted molar refractivity (Wildman–Crippen MR) is 77.5 cm³/mol. The molecular formula is C16H19N3O. The molecule has 0 radical (unpaired) electrons. The van der Waals surface area contributed by atoms with Crippen LogP contribution in [0.5, 0.6) is 0 Å². The van der Waals surface area contributed by atoms with E-state index in [0.29, 0.717) is 6.42 Å². The van der Waals surface area contributed by atoms with E-state index >= 15 is 0 Å². The van der Waals surface area contributed by atoms with Gasteiger partial charge in [-0.25, -0.2) is 4.98 Å². The van der Waals surface area contributed by atoms with Crippen LogP contribution < -0.4 is 5.32 Å². The number of nitrogens with zero attached hydrogens (tertiary/aromatic N) is 2. The minimum atomic E-state index is -0.193. The van der Waals surface area contributed by atoms with E-state index in [1.54, 1.807) is 6.20 Å². The molecule has 1 atom stereocenters. The molecule has 0 amide bonds. The SMILES string of the molecule is CCn1ccnc1CC(=O)C1NCCc2ccccc21. The van der Waals surface area contributed by atoms with Crippen molar-refractivity contribution in [3.63, 3.8) is 0 Å². The van der Waals surface area contributed by atoms with Crippen molar-refractivity contribution in [2.75, 3.05) is 6.54 Å². The topological polar surface area (TPSA) is 46.9 Å². The van der Waals surface area contributed by atoms with Crippen LogP contribution in [0.3, 0.4) is 0 Å². The van der Waals surface area contributed by atoms with Crippen LogP contribution in [-0.4, -0.2) is 21.9 Å². The van der Waals surface area contributed by atoms with E-state index in [0.717, 1.165) is 30.9 Å². The number of rotatable bonds is 4. The van der Waals surface area contributed by atoms with Gasteiger partial charge < -0.3 is 9.88 Å². The Labute approximate surface area is 118 Å². The Kier molecular flexibility index (Phi) is 3.65. The Hall–Kier alpha value is -1.94. The van der Waals surface area contributed by atoms with Crippen LogP contribution in [0, 0.1) is 0 Å². The molecule has 0 bridgehead atoms. The second-order valence-corrected chi connectivity index (χ2v) is 5.11. The molecule has 104 valence electrons. The fourth-order valence-electron chi connectivity index (χ4n) is 2.84. The fraction of sp³-hybridized carbons (Fsp3) is 0.375. The highest BCUT2D eigenvalue weighted by Crippen LogP contribution is 2.24. The van der Waals surface area contributed by atoms with Gasteiger partial charge >= 0.3 is 0 Å². The van der Waals surface area contributed by atoms with Crippen LogP contribution in [-0.2, 0) is 24.2 Å². The summed E-state index contributed by atoms with van der Waals surface area (Å²) in [5.41, 5.74) is 2.40. The summed E-state index contributed by atoms with van der Waals surface area (Å²) >= 11 is 0. The molecule has 1 unspecified atom stereocenters. The van der Waals surface area contributed by atoms with Crippen LogP contribution >= 0.6 is 0 Å². The minimum absolute atomic E-state index is 0.193. The van der Waals surface area contributed by atoms with E-state index in [2.05, 4.69) is 29.4 Å². The molecule has 0 spiro atoms. The molecule has 4 nitrogen and oxygen atoms in total. The summed E-state index contributed by atoms with van der Waals surface area (Å²) in [5.74, 6) is 1.04. The van der Waals surface area contributed by atoms with Crippen molar-refractivity contribution in [2.24, 2.45) is 0 Å². The highest BCUT2D eigenvalue weighted by Gasteiger charge is 2.26. The molecule has 3 rings (SSSR count). The highest BCUT2D eigenvalue weighted by molar-refractivity contribution is 5.87. The zero-order valence-electron chi connectivity index (χ0n) is 11.7. The normalized spacial score (nSPS) is 17.8. The number of Topliss-reactive ketones (excluding diaryl/α,β-unsaturated/α-hetero) is 1. The first-order chi connectivity index (χ1) is 9.79. The maximum atomic E-state index is 12.6. The molecule has 1 aliphatic rings. The Balaban J connectivity index is 1.82. The van der Waals surface area contributed by atoms with Gasteiger partial charge in [0.15, 0.2) is 5.78 Å². The highest BCUT2D eigenvalue weighted by atomic mass is 16.1. The van der Waals surface area contributed by atoms with E-state index in [9.17, 15) is 4.79 Å². The molecule has 0 aliphatic carbocycles. The molecule has 1 aliphatic heterocycles. The molecular weight excluding hydrogens is 250 g/mol. The number of nitrogens with one attached hydrogen (secondary N) is 1. The van der Waals surface area contributed by atoms with Gasteiger partial charge in [-0.1, -0.05) is 24.3 Å². The number of ketones is 1. The number of aromatic nitrogens is 2. The average molecular weight is 269 g/mol. The van der Waals surface area contributed by atoms with Gasteiger partial charge in [-0.05, 0) is 24.5 Å². The zero-order chi connectivity index (χ0) is 13.9. The fourth-order valence-corrected chi connectivity index (χ4v) is 2.84. The van der Waals surface area contributed by atoms with Crippen molar-refractivity contribution >= 4 is 5.78 Å². The predicted octanol–water partition coefficient (Wildman–Crippen LogP) is 1.90. The Morgan fingerprint density at radius 2 is 2.30 bits per heavy atom. The van der Waals surface area contributed by atoms with Gasteiger partial charge in [0.2, 0.25) is 0 Å². The van der Waals surface area contributed by atoms with Crippen molar-refractivity contribution in [2.45, 2.75) is 32.4 Å². The standard InChI is InChI=1S/C16H19N3O/c1-2-19-10-9-17-15(19)11-14(20)16-13-6-4-3-5-12(13)7-8-18-16/h3-6,9-10,16,18H,2,7-8,11H2,1H3. The summed E-state index contributed by atoms with van der Waals surface area (Å²) in [7, 11) is 0. The van der Waals surface area contributed by atoms with Crippen LogP contribution in [0.1, 0.15) is 29.9 Å². The van der Waals surface area contributed by atoms with Crippen LogP contribution in [0.4, 0.5) is 0 Å². The van der Waals surface area contributed by atoms with Gasteiger partial charge in [-0.3, -0.25) is 4.79 Å². The Morgan fingerprint density at radius 3 is 3.15 bits per heavy atom. The zero-order valence-corrected chi connectivity index (χ0v) is 11.7. The first-order valence-electron chi connectivity index (χ1n) is 7.13. The van der Waals surface area contributed by atoms with E-state index in [1.807, 2.05) is 22.9 Å². The lowest BCUT2D eigenvalue weighted by molar-refractivity contribution is -0.120. The van der Waals surface area contributed by atoms with Crippen molar-refractivity contribution in [1.29, 1.82) is 0 Å². The second-order valence-electron chi connectivity index (χ2n) is 5.11. The maximum Gasteiger partial charge on any atom is 0.161 e. The first kappa shape index (κ1) is 13.1. The summed E-state index contributed by atoms with van der Waals surface area (Å²) in [5, 5.41) is 3.34. The van der Waals surface area contributed by atoms with E-state index in [1.165, 1.54) is 5.56 Å². The number of benzene rings is 1. The second kappa shape index (κ2) is 5.59. The largest absolute Gasteiger partial charge is 0.335 e. The number of carbonyl (C=O) groups excluding carboxylic acids is 1. The molecule has 2 heterocycles. The molecule has 1 N–H and O–H groups in total. The van der Waals surface area contributed by atoms with Crippen molar-refractivity contribution in [3.05, 3.63) is 53.6 Å². The average Bonchev–Trinajstić information content (AvgIpc) is 2.93. The van der Waals surface area contributed by atoms with Gasteiger partial charge in [-0.2, -0.15) is 0 Å². The summed E-state index contributed by atoms with van der Waals surface area (Å²) in [4.78, 5) is 16.9. The minimum Gasteiger partial charge on any atom is -0.335 e. The Bertz CT molecular complexity index is 618. The Morgan fingerprint density at radius 1 is 1.45 bits per heavy atom. The van der Waals surface area contributed by atoms with Gasteiger partial charge in [0.25, 0.3) is 0 Å². The van der Waals surface area contributed by atoms with Gasteiger partial charge in [0.1, 0.15) is 5.82 Å². The van der Waals surface area contributed by atoms with Crippen LogP contribution in [0.25, 0.3) is 0 Å². The number of carbonyl (C=O) groups is 1. The lowest BCUT2D eigenvalue weighted by Gasteiger charge is -2.25. The summed E-state index contributed by atoms with van der Waals surface area (Å²) < 4.78 is 2.02. The molecule has 0 saturated carbocycles. The molecule has 4 heteroatoms. The van der Waals surface area contributed by atoms with E-state index in [-0.39, 0.29) is 11.8 Å². The van der Waals surface area contributed by atoms with Crippen molar-refractivity contribution in [3.8, 4) is 0 Å². The monoisotopic (exact) mass is 269 g/mol. The van der Waals surface area contributed by atoms with E-state index < -0.39 is 0 Å². The van der Waals surface area contributed by atoms with Gasteiger partial charge in [-0.15, -0.1) is 0 Å². The smallest absolute Gasteiger partial charge is 0.161 e. The van der Waals surface area contributed by atoms with Crippen molar-refractivity contribution < 1.29 is 4.79 Å². The molecule has 1 aromatic carbocycles. The maximum absolute atomic E-state index is 12.6. The third kappa shape index (κ3) is 2.39. The number of aryl methyl sites for hydroxylation is 1. The number of fused-ring (bicyclic) bond motifs is 1. The number of imidazole rings is 1. The number of hydrogen-bond acceptors (Lipinski definition) is 3. The third-order valence-electron chi connectivity index (χ3n) is 3.91. The molecule has 0 saturated heterocycles. The number of hydrogen-bond donors (Lipinski definition) is 1. The molecule has 20 heavy (non-hydrogen) atoms. The van der Waals surface area contributed by atoms with Crippen LogP contribution in [0.15, 0.2) is 36.7 Å². The lowest BCUT2D eigenvalue weighted by atomic mass is 9.91.